The van der Waals surface area contributed by atoms with Crippen LogP contribution in [0.25, 0.3) is 0 Å². The average Bonchev–Trinajstić information content (AvgIpc) is 2.34. The molecule has 1 amide bonds. The summed E-state index contributed by atoms with van der Waals surface area (Å²) in [6.45, 7) is 7.54. The fourth-order valence-corrected chi connectivity index (χ4v) is 1.87. The van der Waals surface area contributed by atoms with Gasteiger partial charge in [-0.1, -0.05) is 13.0 Å². The molecule has 0 bridgehead atoms. The Morgan fingerprint density at radius 2 is 2.06 bits per heavy atom. The Morgan fingerprint density at radius 1 is 1.33 bits per heavy atom. The van der Waals surface area contributed by atoms with E-state index >= 15 is 0 Å². The van der Waals surface area contributed by atoms with Crippen molar-refractivity contribution in [2.24, 2.45) is 0 Å². The molecule has 0 fully saturated rings. The fraction of sp³-hybridized carbons (Fsp3) is 0.500. The molecule has 4 nitrogen and oxygen atoms in total. The summed E-state index contributed by atoms with van der Waals surface area (Å²) in [7, 11) is 1.64. The lowest BCUT2D eigenvalue weighted by molar-refractivity contribution is -0.116. The summed E-state index contributed by atoms with van der Waals surface area (Å²) in [5.41, 5.74) is 2.86. The van der Waals surface area contributed by atoms with Crippen molar-refractivity contribution in [3.8, 4) is 5.75 Å². The molecule has 0 radical (unpaired) electrons. The molecule has 0 aliphatic heterocycles. The lowest BCUT2D eigenvalue weighted by Crippen LogP contribution is -2.21. The SMILES string of the molecule is CCNCCC(=O)Nc1ccc(C)c(OC)c1C. The van der Waals surface area contributed by atoms with Crippen LogP contribution in [0, 0.1) is 13.8 Å². The number of anilines is 1. The van der Waals surface area contributed by atoms with Crippen molar-refractivity contribution in [3.05, 3.63) is 23.3 Å². The summed E-state index contributed by atoms with van der Waals surface area (Å²) in [6, 6.07) is 3.87. The second-order valence-electron chi connectivity index (χ2n) is 4.24. The molecule has 0 aliphatic carbocycles. The van der Waals surface area contributed by atoms with Gasteiger partial charge in [-0.25, -0.2) is 0 Å². The van der Waals surface area contributed by atoms with Crippen molar-refractivity contribution >= 4 is 11.6 Å². The topological polar surface area (TPSA) is 50.4 Å². The fourth-order valence-electron chi connectivity index (χ4n) is 1.87. The Hall–Kier alpha value is -1.55. The van der Waals surface area contributed by atoms with Gasteiger partial charge in [-0.2, -0.15) is 0 Å². The van der Waals surface area contributed by atoms with E-state index in [0.29, 0.717) is 13.0 Å². The van der Waals surface area contributed by atoms with Gasteiger partial charge in [0.15, 0.2) is 0 Å². The van der Waals surface area contributed by atoms with Gasteiger partial charge in [-0.3, -0.25) is 4.79 Å². The summed E-state index contributed by atoms with van der Waals surface area (Å²) in [5.74, 6) is 0.851. The second kappa shape index (κ2) is 7.01. The summed E-state index contributed by atoms with van der Waals surface area (Å²) in [6.07, 6.45) is 0.476. The number of carbonyl (C=O) groups excluding carboxylic acids is 1. The number of rotatable bonds is 6. The Balaban J connectivity index is 2.70. The molecule has 0 saturated carbocycles. The molecule has 1 aromatic rings. The smallest absolute Gasteiger partial charge is 0.225 e. The van der Waals surface area contributed by atoms with E-state index in [4.69, 9.17) is 4.74 Å². The number of nitrogens with one attached hydrogen (secondary N) is 2. The van der Waals surface area contributed by atoms with Gasteiger partial charge in [-0.05, 0) is 32.0 Å². The first-order chi connectivity index (χ1) is 8.60. The summed E-state index contributed by atoms with van der Waals surface area (Å²) < 4.78 is 5.33. The number of hydrogen-bond donors (Lipinski definition) is 2. The van der Waals surface area contributed by atoms with Crippen LogP contribution < -0.4 is 15.4 Å². The lowest BCUT2D eigenvalue weighted by Gasteiger charge is -2.14. The van der Waals surface area contributed by atoms with Crippen LogP contribution in [-0.2, 0) is 4.79 Å². The number of amides is 1. The van der Waals surface area contributed by atoms with Gasteiger partial charge < -0.3 is 15.4 Å². The van der Waals surface area contributed by atoms with Crippen LogP contribution in [-0.4, -0.2) is 26.1 Å². The van der Waals surface area contributed by atoms with Crippen molar-refractivity contribution in [1.29, 1.82) is 0 Å². The first-order valence-electron chi connectivity index (χ1n) is 6.24. The highest BCUT2D eigenvalue weighted by Gasteiger charge is 2.10. The predicted octanol–water partition coefficient (Wildman–Crippen LogP) is 2.25. The van der Waals surface area contributed by atoms with Gasteiger partial charge in [0.1, 0.15) is 5.75 Å². The Labute approximate surface area is 109 Å². The third-order valence-corrected chi connectivity index (χ3v) is 2.86. The van der Waals surface area contributed by atoms with E-state index in [1.54, 1.807) is 7.11 Å². The zero-order valence-corrected chi connectivity index (χ0v) is 11.6. The first kappa shape index (κ1) is 14.5. The van der Waals surface area contributed by atoms with Crippen molar-refractivity contribution in [2.45, 2.75) is 27.2 Å². The second-order valence-corrected chi connectivity index (χ2v) is 4.24. The highest BCUT2D eigenvalue weighted by atomic mass is 16.5. The zero-order valence-electron chi connectivity index (χ0n) is 11.6. The highest BCUT2D eigenvalue weighted by molar-refractivity contribution is 5.92. The maximum atomic E-state index is 11.7. The van der Waals surface area contributed by atoms with Crippen molar-refractivity contribution in [2.75, 3.05) is 25.5 Å². The minimum Gasteiger partial charge on any atom is -0.496 e. The van der Waals surface area contributed by atoms with Crippen LogP contribution in [0.2, 0.25) is 0 Å². The summed E-state index contributed by atoms with van der Waals surface area (Å²) >= 11 is 0. The molecule has 0 heterocycles. The molecular weight excluding hydrogens is 228 g/mol. The minimum atomic E-state index is 0.0185. The van der Waals surface area contributed by atoms with Gasteiger partial charge in [0.25, 0.3) is 0 Å². The normalized spacial score (nSPS) is 10.2. The first-order valence-corrected chi connectivity index (χ1v) is 6.24. The molecule has 100 valence electrons. The van der Waals surface area contributed by atoms with Crippen LogP contribution in [0.15, 0.2) is 12.1 Å². The summed E-state index contributed by atoms with van der Waals surface area (Å²) in [5, 5.41) is 6.04. The molecule has 2 N–H and O–H groups in total. The largest absolute Gasteiger partial charge is 0.496 e. The molecule has 0 atom stereocenters. The molecule has 0 saturated heterocycles. The number of benzene rings is 1. The van der Waals surface area contributed by atoms with Crippen LogP contribution in [0.1, 0.15) is 24.5 Å². The number of hydrogen-bond acceptors (Lipinski definition) is 3. The Morgan fingerprint density at radius 3 is 2.67 bits per heavy atom. The zero-order chi connectivity index (χ0) is 13.5. The lowest BCUT2D eigenvalue weighted by atomic mass is 10.1. The van der Waals surface area contributed by atoms with Crippen LogP contribution in [0.5, 0.6) is 5.75 Å². The molecule has 1 aromatic carbocycles. The third kappa shape index (κ3) is 3.74. The van der Waals surface area contributed by atoms with Crippen LogP contribution in [0.4, 0.5) is 5.69 Å². The van der Waals surface area contributed by atoms with E-state index in [1.807, 2.05) is 32.9 Å². The highest BCUT2D eigenvalue weighted by Crippen LogP contribution is 2.29. The predicted molar refractivity (Wildman–Crippen MR) is 74.3 cm³/mol. The molecule has 0 spiro atoms. The van der Waals surface area contributed by atoms with Crippen LogP contribution >= 0.6 is 0 Å². The van der Waals surface area contributed by atoms with Crippen molar-refractivity contribution in [3.63, 3.8) is 0 Å². The van der Waals surface area contributed by atoms with Gasteiger partial charge >= 0.3 is 0 Å². The van der Waals surface area contributed by atoms with E-state index in [2.05, 4.69) is 10.6 Å². The minimum absolute atomic E-state index is 0.0185. The maximum Gasteiger partial charge on any atom is 0.225 e. The molecule has 1 rings (SSSR count). The molecule has 0 aromatic heterocycles. The quantitative estimate of drug-likeness (QED) is 0.761. The Kier molecular flexibility index (Phi) is 5.65. The van der Waals surface area contributed by atoms with E-state index in [0.717, 1.165) is 29.1 Å². The standard InChI is InChI=1S/C14H22N2O2/c1-5-15-9-8-13(17)16-12-7-6-10(2)14(18-4)11(12)3/h6-7,15H,5,8-9H2,1-4H3,(H,16,17). The molecule has 0 aliphatic rings. The number of ether oxygens (including phenoxy) is 1. The molecule has 4 heteroatoms. The molecule has 0 unspecified atom stereocenters. The maximum absolute atomic E-state index is 11.7. The van der Waals surface area contributed by atoms with Gasteiger partial charge in [0.05, 0.1) is 7.11 Å². The molecular formula is C14H22N2O2. The number of methoxy groups -OCH3 is 1. The van der Waals surface area contributed by atoms with E-state index < -0.39 is 0 Å². The van der Waals surface area contributed by atoms with Gasteiger partial charge in [0, 0.05) is 24.2 Å². The van der Waals surface area contributed by atoms with E-state index in [-0.39, 0.29) is 5.91 Å². The van der Waals surface area contributed by atoms with Crippen molar-refractivity contribution < 1.29 is 9.53 Å². The average molecular weight is 250 g/mol. The monoisotopic (exact) mass is 250 g/mol. The van der Waals surface area contributed by atoms with Crippen molar-refractivity contribution in [1.82, 2.24) is 5.32 Å². The van der Waals surface area contributed by atoms with E-state index in [1.165, 1.54) is 0 Å². The summed E-state index contributed by atoms with van der Waals surface area (Å²) in [4.78, 5) is 11.7. The van der Waals surface area contributed by atoms with E-state index in [9.17, 15) is 4.79 Å². The molecule has 18 heavy (non-hydrogen) atoms. The Bertz CT molecular complexity index is 417. The number of carbonyl (C=O) groups is 1. The van der Waals surface area contributed by atoms with Gasteiger partial charge in [-0.15, -0.1) is 0 Å². The van der Waals surface area contributed by atoms with Gasteiger partial charge in [0.2, 0.25) is 5.91 Å². The van der Waals surface area contributed by atoms with Crippen LogP contribution in [0.3, 0.4) is 0 Å². The third-order valence-electron chi connectivity index (χ3n) is 2.86. The number of aryl methyl sites for hydroxylation is 1.